The molecule has 1 aliphatic carbocycles. The molecule has 0 spiro atoms. The third kappa shape index (κ3) is 4.00. The molecule has 1 unspecified atom stereocenters. The Morgan fingerprint density at radius 2 is 2.00 bits per heavy atom. The van der Waals surface area contributed by atoms with Gasteiger partial charge >= 0.3 is 0 Å². The number of hydrogen-bond donors (Lipinski definition) is 1. The largest absolute Gasteiger partial charge is 0.318 e. The van der Waals surface area contributed by atoms with Gasteiger partial charge in [0.05, 0.1) is 11.7 Å². The number of thiophene rings is 1. The minimum absolute atomic E-state index is 0.00965. The maximum Gasteiger partial charge on any atom is 0.221 e. The van der Waals surface area contributed by atoms with E-state index in [1.807, 2.05) is 12.3 Å². The lowest BCUT2D eigenvalue weighted by atomic mass is 9.90. The first-order valence-electron chi connectivity index (χ1n) is 10.5. The first kappa shape index (κ1) is 19.6. The monoisotopic (exact) mass is 398 g/mol. The minimum Gasteiger partial charge on any atom is -0.318 e. The number of aryl methyl sites for hydroxylation is 1. The van der Waals surface area contributed by atoms with Gasteiger partial charge in [-0.2, -0.15) is 0 Å². The zero-order valence-corrected chi connectivity index (χ0v) is 17.7. The lowest BCUT2D eigenvalue weighted by molar-refractivity contribution is -0.114. The number of rotatable bonds is 5. The molecule has 0 saturated carbocycles. The summed E-state index contributed by atoms with van der Waals surface area (Å²) in [6.07, 6.45) is 6.61. The number of hydrogen-bond acceptors (Lipinski definition) is 5. The van der Waals surface area contributed by atoms with Gasteiger partial charge in [0.2, 0.25) is 5.91 Å². The van der Waals surface area contributed by atoms with Crippen molar-refractivity contribution in [3.8, 4) is 0 Å². The molecule has 2 aromatic rings. The predicted octanol–water partition coefficient (Wildman–Crippen LogP) is 3.71. The Hall–Kier alpha value is -1.76. The van der Waals surface area contributed by atoms with E-state index in [0.29, 0.717) is 0 Å². The van der Waals surface area contributed by atoms with Crippen LogP contribution in [0.25, 0.3) is 0 Å². The molecule has 1 saturated heterocycles. The van der Waals surface area contributed by atoms with Crippen LogP contribution in [-0.4, -0.2) is 53.4 Å². The van der Waals surface area contributed by atoms with E-state index in [4.69, 9.17) is 4.98 Å². The summed E-state index contributed by atoms with van der Waals surface area (Å²) in [5.74, 6) is 0.00965. The van der Waals surface area contributed by atoms with Crippen LogP contribution in [0, 0.1) is 0 Å². The molecule has 2 aromatic heterocycles. The average Bonchev–Trinajstić information content (AvgIpc) is 3.07. The van der Waals surface area contributed by atoms with Crippen molar-refractivity contribution in [2.45, 2.75) is 45.6 Å². The van der Waals surface area contributed by atoms with Crippen molar-refractivity contribution in [3.05, 3.63) is 46.1 Å². The van der Waals surface area contributed by atoms with Gasteiger partial charge in [0.15, 0.2) is 0 Å². The SMILES string of the molecule is CCN1CCN(C(c2ccccn2)c2c(NC(C)=O)sc3c2CCCC3)CC1. The molecule has 150 valence electrons. The summed E-state index contributed by atoms with van der Waals surface area (Å²) < 4.78 is 0. The topological polar surface area (TPSA) is 48.5 Å². The quantitative estimate of drug-likeness (QED) is 0.834. The number of amides is 1. The highest BCUT2D eigenvalue weighted by molar-refractivity contribution is 7.16. The fourth-order valence-electron chi connectivity index (χ4n) is 4.53. The molecule has 4 rings (SSSR count). The summed E-state index contributed by atoms with van der Waals surface area (Å²) in [6, 6.07) is 6.31. The summed E-state index contributed by atoms with van der Waals surface area (Å²) >= 11 is 1.79. The van der Waals surface area contributed by atoms with Crippen LogP contribution in [0.15, 0.2) is 24.4 Å². The Labute approximate surface area is 171 Å². The van der Waals surface area contributed by atoms with Gasteiger partial charge in [0, 0.05) is 49.7 Å². The minimum atomic E-state index is 0.00965. The highest BCUT2D eigenvalue weighted by Gasteiger charge is 2.33. The van der Waals surface area contributed by atoms with E-state index < -0.39 is 0 Å². The van der Waals surface area contributed by atoms with Crippen LogP contribution in [0.1, 0.15) is 54.4 Å². The summed E-state index contributed by atoms with van der Waals surface area (Å²) in [7, 11) is 0. The molecule has 1 fully saturated rings. The van der Waals surface area contributed by atoms with E-state index in [1.165, 1.54) is 28.8 Å². The van der Waals surface area contributed by atoms with Crippen molar-refractivity contribution in [1.29, 1.82) is 0 Å². The Morgan fingerprint density at radius 3 is 2.68 bits per heavy atom. The average molecular weight is 399 g/mol. The second kappa shape index (κ2) is 8.72. The Bertz CT molecular complexity index is 811. The lowest BCUT2D eigenvalue weighted by Crippen LogP contribution is -2.48. The number of aromatic nitrogens is 1. The van der Waals surface area contributed by atoms with Gasteiger partial charge < -0.3 is 10.2 Å². The summed E-state index contributed by atoms with van der Waals surface area (Å²) in [5, 5.41) is 4.19. The molecule has 3 heterocycles. The van der Waals surface area contributed by atoms with Gasteiger partial charge in [-0.15, -0.1) is 11.3 Å². The first-order valence-corrected chi connectivity index (χ1v) is 11.3. The van der Waals surface area contributed by atoms with E-state index in [1.54, 1.807) is 18.3 Å². The number of carbonyl (C=O) groups excluding carboxylic acids is 1. The molecule has 1 atom stereocenters. The van der Waals surface area contributed by atoms with Crippen LogP contribution in [0.5, 0.6) is 0 Å². The lowest BCUT2D eigenvalue weighted by Gasteiger charge is -2.39. The van der Waals surface area contributed by atoms with Crippen LogP contribution in [0.4, 0.5) is 5.00 Å². The number of nitrogens with zero attached hydrogens (tertiary/aromatic N) is 3. The highest BCUT2D eigenvalue weighted by Crippen LogP contribution is 2.45. The van der Waals surface area contributed by atoms with Crippen molar-refractivity contribution in [2.75, 3.05) is 38.0 Å². The Kier molecular flexibility index (Phi) is 6.09. The number of carbonyl (C=O) groups is 1. The fourth-order valence-corrected chi connectivity index (χ4v) is 5.89. The Morgan fingerprint density at radius 1 is 1.21 bits per heavy atom. The molecule has 0 bridgehead atoms. The third-order valence-corrected chi connectivity index (χ3v) is 7.19. The van der Waals surface area contributed by atoms with E-state index in [0.717, 1.165) is 56.3 Å². The second-order valence-electron chi connectivity index (χ2n) is 7.76. The molecule has 28 heavy (non-hydrogen) atoms. The van der Waals surface area contributed by atoms with Crippen molar-refractivity contribution in [3.63, 3.8) is 0 Å². The van der Waals surface area contributed by atoms with Gasteiger partial charge in [0.1, 0.15) is 5.00 Å². The molecule has 0 aromatic carbocycles. The van der Waals surface area contributed by atoms with E-state index in [9.17, 15) is 4.79 Å². The zero-order chi connectivity index (χ0) is 19.5. The van der Waals surface area contributed by atoms with Crippen molar-refractivity contribution < 1.29 is 4.79 Å². The fraction of sp³-hybridized carbons (Fsp3) is 0.545. The maximum atomic E-state index is 12.0. The first-order chi connectivity index (χ1) is 13.7. The van der Waals surface area contributed by atoms with Gasteiger partial charge in [-0.05, 0) is 49.9 Å². The standard InChI is InChI=1S/C22H30N4OS/c1-3-25-12-14-26(15-13-25)21(18-9-6-7-11-23-18)20-17-8-4-5-10-19(17)28-22(20)24-16(2)27/h6-7,9,11,21H,3-5,8,10,12-15H2,1-2H3,(H,24,27). The van der Waals surface area contributed by atoms with Crippen molar-refractivity contribution in [2.24, 2.45) is 0 Å². The second-order valence-corrected chi connectivity index (χ2v) is 8.87. The molecule has 2 aliphatic rings. The smallest absolute Gasteiger partial charge is 0.221 e. The van der Waals surface area contributed by atoms with Crippen LogP contribution < -0.4 is 5.32 Å². The van der Waals surface area contributed by atoms with Crippen LogP contribution >= 0.6 is 11.3 Å². The summed E-state index contributed by atoms with van der Waals surface area (Å²) in [6.45, 7) is 9.17. The van der Waals surface area contributed by atoms with Crippen LogP contribution in [-0.2, 0) is 17.6 Å². The maximum absolute atomic E-state index is 12.0. The number of fused-ring (bicyclic) bond motifs is 1. The molecule has 1 aliphatic heterocycles. The van der Waals surface area contributed by atoms with Crippen molar-refractivity contribution >= 4 is 22.2 Å². The summed E-state index contributed by atoms with van der Waals surface area (Å²) in [5.41, 5.74) is 3.86. The molecule has 6 heteroatoms. The normalized spacial score (nSPS) is 19.2. The van der Waals surface area contributed by atoms with E-state index in [2.05, 4.69) is 34.2 Å². The van der Waals surface area contributed by atoms with Crippen molar-refractivity contribution in [1.82, 2.24) is 14.8 Å². The molecule has 1 N–H and O–H groups in total. The predicted molar refractivity (Wildman–Crippen MR) is 115 cm³/mol. The molecule has 1 amide bonds. The van der Waals surface area contributed by atoms with E-state index >= 15 is 0 Å². The van der Waals surface area contributed by atoms with Gasteiger partial charge in [-0.3, -0.25) is 14.7 Å². The zero-order valence-electron chi connectivity index (χ0n) is 16.9. The van der Waals surface area contributed by atoms with Gasteiger partial charge in [0.25, 0.3) is 0 Å². The Balaban J connectivity index is 1.78. The van der Waals surface area contributed by atoms with Gasteiger partial charge in [-0.25, -0.2) is 0 Å². The van der Waals surface area contributed by atoms with E-state index in [-0.39, 0.29) is 11.9 Å². The number of nitrogens with one attached hydrogen (secondary N) is 1. The number of likely N-dealkylation sites (N-methyl/N-ethyl adjacent to an activating group) is 1. The number of pyridine rings is 1. The number of piperazine rings is 1. The highest BCUT2D eigenvalue weighted by atomic mass is 32.1. The van der Waals surface area contributed by atoms with Crippen LogP contribution in [0.3, 0.4) is 0 Å². The molecular formula is C22H30N4OS. The third-order valence-electron chi connectivity index (χ3n) is 5.96. The van der Waals surface area contributed by atoms with Gasteiger partial charge in [-0.1, -0.05) is 13.0 Å². The number of anilines is 1. The molecule has 5 nitrogen and oxygen atoms in total. The van der Waals surface area contributed by atoms with Crippen LogP contribution in [0.2, 0.25) is 0 Å². The molecular weight excluding hydrogens is 368 g/mol. The molecule has 0 radical (unpaired) electrons. The summed E-state index contributed by atoms with van der Waals surface area (Å²) in [4.78, 5) is 23.2.